The lowest BCUT2D eigenvalue weighted by atomic mass is 10.5. The maximum atomic E-state index is 9.51. The zero-order valence-electron chi connectivity index (χ0n) is 12.7. The van der Waals surface area contributed by atoms with Crippen molar-refractivity contribution in [2.24, 2.45) is 0 Å². The normalized spacial score (nSPS) is 15.1. The molecular weight excluding hydrogens is 280 g/mol. The quantitative estimate of drug-likeness (QED) is 0.708. The van der Waals surface area contributed by atoms with Crippen molar-refractivity contribution in [2.45, 2.75) is 45.8 Å². The standard InChI is InChI=1S/C11H28O4Si3/c1-16(2,3)14-18(7,15-17(4,5)6)11(10-13)8-9-12/h8,12-13H,9-10H2,1-7H3. The second-order valence-electron chi connectivity index (χ2n) is 6.44. The molecule has 0 spiro atoms. The van der Waals surface area contributed by atoms with E-state index in [1.165, 1.54) is 0 Å². The molecule has 0 heterocycles. The summed E-state index contributed by atoms with van der Waals surface area (Å²) in [6.07, 6.45) is 1.63. The van der Waals surface area contributed by atoms with Crippen LogP contribution in [-0.2, 0) is 8.23 Å². The molecule has 0 saturated carbocycles. The number of hydrogen-bond donors (Lipinski definition) is 2. The van der Waals surface area contributed by atoms with Gasteiger partial charge in [0.2, 0.25) is 0 Å². The maximum absolute atomic E-state index is 9.51. The molecule has 0 bridgehead atoms. The van der Waals surface area contributed by atoms with Crippen molar-refractivity contribution >= 4 is 25.2 Å². The van der Waals surface area contributed by atoms with Gasteiger partial charge in [0.1, 0.15) is 0 Å². The highest BCUT2D eigenvalue weighted by molar-refractivity contribution is 6.91. The molecule has 0 unspecified atom stereocenters. The molecule has 7 heteroatoms. The van der Waals surface area contributed by atoms with E-state index in [0.29, 0.717) is 0 Å². The van der Waals surface area contributed by atoms with E-state index >= 15 is 0 Å². The van der Waals surface area contributed by atoms with Crippen molar-refractivity contribution in [1.29, 1.82) is 0 Å². The van der Waals surface area contributed by atoms with Gasteiger partial charge in [0, 0.05) is 0 Å². The largest absolute Gasteiger partial charge is 0.434 e. The molecule has 0 aliphatic rings. The topological polar surface area (TPSA) is 58.9 Å². The molecule has 2 N–H and O–H groups in total. The first-order chi connectivity index (χ1) is 7.93. The van der Waals surface area contributed by atoms with Crippen LogP contribution in [0.2, 0.25) is 45.8 Å². The first-order valence-electron chi connectivity index (χ1n) is 6.25. The van der Waals surface area contributed by atoms with E-state index in [4.69, 9.17) is 13.3 Å². The van der Waals surface area contributed by atoms with E-state index in [2.05, 4.69) is 39.3 Å². The van der Waals surface area contributed by atoms with E-state index in [-0.39, 0.29) is 13.2 Å². The van der Waals surface area contributed by atoms with E-state index in [1.807, 2.05) is 6.55 Å². The summed E-state index contributed by atoms with van der Waals surface area (Å²) in [6.45, 7) is 14.4. The monoisotopic (exact) mass is 308 g/mol. The Morgan fingerprint density at radius 3 is 1.50 bits per heavy atom. The van der Waals surface area contributed by atoms with Gasteiger partial charge in [-0.05, 0) is 51.0 Å². The summed E-state index contributed by atoms with van der Waals surface area (Å²) in [5, 5.41) is 19.3. The third kappa shape index (κ3) is 6.98. The lowest BCUT2D eigenvalue weighted by molar-refractivity contribution is 0.310. The van der Waals surface area contributed by atoms with Crippen LogP contribution in [0.4, 0.5) is 0 Å². The van der Waals surface area contributed by atoms with Crippen molar-refractivity contribution in [2.75, 3.05) is 13.2 Å². The first kappa shape index (κ1) is 18.2. The van der Waals surface area contributed by atoms with Crippen molar-refractivity contribution in [1.82, 2.24) is 0 Å². The van der Waals surface area contributed by atoms with Crippen molar-refractivity contribution in [3.8, 4) is 0 Å². The molecule has 0 fully saturated rings. The summed E-state index contributed by atoms with van der Waals surface area (Å²) in [5.74, 6) is 0. The lowest BCUT2D eigenvalue weighted by Crippen LogP contribution is -2.54. The molecular formula is C11H28O4Si3. The fraction of sp³-hybridized carbons (Fsp3) is 0.818. The molecule has 0 aromatic heterocycles. The van der Waals surface area contributed by atoms with Crippen LogP contribution >= 0.6 is 0 Å². The van der Waals surface area contributed by atoms with Crippen molar-refractivity contribution < 1.29 is 18.4 Å². The molecule has 18 heavy (non-hydrogen) atoms. The predicted octanol–water partition coefficient (Wildman–Crippen LogP) is 2.21. The van der Waals surface area contributed by atoms with Gasteiger partial charge in [0.15, 0.2) is 16.6 Å². The average molecular weight is 309 g/mol. The minimum absolute atomic E-state index is 0.0946. The lowest BCUT2D eigenvalue weighted by Gasteiger charge is -2.39. The van der Waals surface area contributed by atoms with E-state index in [1.54, 1.807) is 6.08 Å². The smallest absolute Gasteiger partial charge is 0.346 e. The fourth-order valence-electron chi connectivity index (χ4n) is 1.82. The van der Waals surface area contributed by atoms with Crippen LogP contribution in [-0.4, -0.2) is 48.6 Å². The Morgan fingerprint density at radius 1 is 0.889 bits per heavy atom. The maximum Gasteiger partial charge on any atom is 0.346 e. The number of hydrogen-bond acceptors (Lipinski definition) is 4. The summed E-state index contributed by atoms with van der Waals surface area (Å²) < 4.78 is 12.5. The Labute approximate surface area is 114 Å². The molecule has 0 radical (unpaired) electrons. The van der Waals surface area contributed by atoms with Gasteiger partial charge < -0.3 is 18.4 Å². The minimum atomic E-state index is -2.60. The van der Waals surface area contributed by atoms with E-state index in [9.17, 15) is 5.11 Å². The van der Waals surface area contributed by atoms with Crippen LogP contribution in [0.25, 0.3) is 0 Å². The Hall–Kier alpha value is 0.231. The number of aliphatic hydroxyl groups excluding tert-OH is 2. The molecule has 0 rings (SSSR count). The summed E-state index contributed by atoms with van der Waals surface area (Å²) >= 11 is 0. The SMILES string of the molecule is C[Si](C)(C)O[Si](C)(O[Si](C)(C)C)C(=CCO)CO. The summed E-state index contributed by atoms with van der Waals surface area (Å²) in [6, 6.07) is 0. The molecule has 0 aromatic rings. The van der Waals surface area contributed by atoms with Gasteiger partial charge >= 0.3 is 8.56 Å². The molecule has 0 aliphatic heterocycles. The molecule has 0 aliphatic carbocycles. The van der Waals surface area contributed by atoms with Gasteiger partial charge in [0.05, 0.1) is 13.2 Å². The highest BCUT2D eigenvalue weighted by Crippen LogP contribution is 2.26. The third-order valence-electron chi connectivity index (χ3n) is 2.09. The molecule has 0 aromatic carbocycles. The van der Waals surface area contributed by atoms with Gasteiger partial charge in [-0.3, -0.25) is 0 Å². The summed E-state index contributed by atoms with van der Waals surface area (Å²) in [4.78, 5) is 0. The second kappa shape index (κ2) is 6.60. The molecule has 0 amide bonds. The molecule has 0 saturated heterocycles. The zero-order chi connectivity index (χ0) is 14.6. The molecule has 108 valence electrons. The van der Waals surface area contributed by atoms with Crippen LogP contribution in [0.3, 0.4) is 0 Å². The van der Waals surface area contributed by atoms with Crippen LogP contribution in [0, 0.1) is 0 Å². The van der Waals surface area contributed by atoms with Crippen molar-refractivity contribution in [3.63, 3.8) is 0 Å². The summed E-state index contributed by atoms with van der Waals surface area (Å²) in [5.41, 5.74) is 0. The van der Waals surface area contributed by atoms with Gasteiger partial charge in [-0.25, -0.2) is 0 Å². The van der Waals surface area contributed by atoms with E-state index < -0.39 is 25.2 Å². The van der Waals surface area contributed by atoms with Crippen molar-refractivity contribution in [3.05, 3.63) is 11.3 Å². The van der Waals surface area contributed by atoms with Crippen LogP contribution in [0.5, 0.6) is 0 Å². The zero-order valence-corrected chi connectivity index (χ0v) is 15.7. The van der Waals surface area contributed by atoms with Crippen LogP contribution in [0.15, 0.2) is 11.3 Å². The van der Waals surface area contributed by atoms with Gasteiger partial charge in [-0.2, -0.15) is 0 Å². The Bertz CT molecular complexity index is 276. The van der Waals surface area contributed by atoms with Gasteiger partial charge in [-0.1, -0.05) is 6.08 Å². The number of rotatable bonds is 7. The average Bonchev–Trinajstić information content (AvgIpc) is 2.07. The molecule has 4 nitrogen and oxygen atoms in total. The molecule has 0 atom stereocenters. The second-order valence-corrected chi connectivity index (χ2v) is 19.1. The Balaban J connectivity index is 5.33. The Kier molecular flexibility index (Phi) is 6.68. The van der Waals surface area contributed by atoms with Crippen LogP contribution in [0.1, 0.15) is 0 Å². The van der Waals surface area contributed by atoms with Gasteiger partial charge in [0.25, 0.3) is 0 Å². The minimum Gasteiger partial charge on any atom is -0.434 e. The highest BCUT2D eigenvalue weighted by atomic mass is 28.5. The van der Waals surface area contributed by atoms with E-state index in [0.717, 1.165) is 5.20 Å². The van der Waals surface area contributed by atoms with Crippen LogP contribution < -0.4 is 0 Å². The first-order valence-corrected chi connectivity index (χ1v) is 15.4. The fourth-order valence-corrected chi connectivity index (χ4v) is 13.5. The van der Waals surface area contributed by atoms with Gasteiger partial charge in [-0.15, -0.1) is 0 Å². The third-order valence-corrected chi connectivity index (χ3v) is 11.6. The predicted molar refractivity (Wildman–Crippen MR) is 82.7 cm³/mol. The Morgan fingerprint density at radius 2 is 1.28 bits per heavy atom. The number of aliphatic hydroxyl groups is 2. The highest BCUT2D eigenvalue weighted by Gasteiger charge is 2.43. The summed E-state index contributed by atoms with van der Waals surface area (Å²) in [7, 11) is -6.15.